The Morgan fingerprint density at radius 1 is 1.67 bits per heavy atom. The van der Waals surface area contributed by atoms with Crippen LogP contribution in [0.2, 0.25) is 0 Å². The maximum absolute atomic E-state index is 13.5. The van der Waals surface area contributed by atoms with Crippen LogP contribution in [0.5, 0.6) is 5.75 Å². The van der Waals surface area contributed by atoms with Crippen molar-refractivity contribution in [3.63, 3.8) is 0 Å². The van der Waals surface area contributed by atoms with E-state index in [9.17, 15) is 4.39 Å². The van der Waals surface area contributed by atoms with Gasteiger partial charge in [-0.25, -0.2) is 4.39 Å². The lowest BCUT2D eigenvalue weighted by atomic mass is 10.2. The molecule has 1 aromatic rings. The van der Waals surface area contributed by atoms with Gasteiger partial charge in [0.15, 0.2) is 16.7 Å². The molecule has 80 valence electrons. The standard InChI is InChI=1S/C9H10FN3OS/c1-14-7-4-2-3-6(8(7)10)5-12-13-9(11)15/h2-5H,1H3,(H3,11,13,15). The molecule has 0 bridgehead atoms. The minimum Gasteiger partial charge on any atom is -0.494 e. The third-order valence-corrected chi connectivity index (χ3v) is 1.68. The van der Waals surface area contributed by atoms with E-state index in [0.717, 1.165) is 0 Å². The van der Waals surface area contributed by atoms with Gasteiger partial charge in [-0.15, -0.1) is 0 Å². The van der Waals surface area contributed by atoms with Crippen molar-refractivity contribution in [3.8, 4) is 5.75 Å². The van der Waals surface area contributed by atoms with Crippen molar-refractivity contribution in [2.75, 3.05) is 7.11 Å². The van der Waals surface area contributed by atoms with Crippen LogP contribution in [-0.4, -0.2) is 18.4 Å². The molecule has 0 unspecified atom stereocenters. The monoisotopic (exact) mass is 227 g/mol. The van der Waals surface area contributed by atoms with Gasteiger partial charge < -0.3 is 10.5 Å². The Kier molecular flexibility index (Phi) is 3.99. The van der Waals surface area contributed by atoms with E-state index in [-0.39, 0.29) is 16.4 Å². The number of nitrogens with one attached hydrogen (secondary N) is 1. The molecule has 0 aliphatic heterocycles. The van der Waals surface area contributed by atoms with Gasteiger partial charge in [0.1, 0.15) is 0 Å². The third kappa shape index (κ3) is 3.17. The number of nitrogens with two attached hydrogens (primary N) is 1. The first-order chi connectivity index (χ1) is 7.15. The Bertz CT molecular complexity index is 395. The van der Waals surface area contributed by atoms with E-state index < -0.39 is 5.82 Å². The molecule has 0 radical (unpaired) electrons. The number of methoxy groups -OCH3 is 1. The van der Waals surface area contributed by atoms with E-state index in [2.05, 4.69) is 22.7 Å². The first-order valence-electron chi connectivity index (χ1n) is 4.06. The molecule has 1 aromatic carbocycles. The number of hydrazone groups is 1. The fourth-order valence-corrected chi connectivity index (χ4v) is 1.00. The summed E-state index contributed by atoms with van der Waals surface area (Å²) in [5.41, 5.74) is 7.76. The largest absolute Gasteiger partial charge is 0.494 e. The van der Waals surface area contributed by atoms with Crippen molar-refractivity contribution in [3.05, 3.63) is 29.6 Å². The van der Waals surface area contributed by atoms with E-state index in [1.165, 1.54) is 19.4 Å². The fourth-order valence-electron chi connectivity index (χ4n) is 0.951. The maximum Gasteiger partial charge on any atom is 0.184 e. The summed E-state index contributed by atoms with van der Waals surface area (Å²) in [5.74, 6) is -0.317. The molecule has 0 atom stereocenters. The summed E-state index contributed by atoms with van der Waals surface area (Å²) >= 11 is 4.53. The van der Waals surface area contributed by atoms with Gasteiger partial charge in [0.25, 0.3) is 0 Å². The molecule has 1 rings (SSSR count). The van der Waals surface area contributed by atoms with Gasteiger partial charge in [-0.1, -0.05) is 12.1 Å². The highest BCUT2D eigenvalue weighted by Gasteiger charge is 2.05. The molecule has 0 amide bonds. The first-order valence-corrected chi connectivity index (χ1v) is 4.47. The highest BCUT2D eigenvalue weighted by molar-refractivity contribution is 7.80. The van der Waals surface area contributed by atoms with Crippen LogP contribution in [0.4, 0.5) is 4.39 Å². The first kappa shape index (κ1) is 11.4. The highest BCUT2D eigenvalue weighted by atomic mass is 32.1. The van der Waals surface area contributed by atoms with Crippen LogP contribution in [0.25, 0.3) is 0 Å². The Morgan fingerprint density at radius 3 is 3.00 bits per heavy atom. The number of thiocarbonyl (C=S) groups is 1. The van der Waals surface area contributed by atoms with Crippen LogP contribution in [0.1, 0.15) is 5.56 Å². The molecule has 0 fully saturated rings. The number of hydrogen-bond donors (Lipinski definition) is 2. The molecule has 0 heterocycles. The highest BCUT2D eigenvalue weighted by Crippen LogP contribution is 2.18. The quantitative estimate of drug-likeness (QED) is 0.459. The fraction of sp³-hybridized carbons (Fsp3) is 0.111. The van der Waals surface area contributed by atoms with E-state index >= 15 is 0 Å². The van der Waals surface area contributed by atoms with Crippen LogP contribution in [0.3, 0.4) is 0 Å². The minimum absolute atomic E-state index is 0.0227. The summed E-state index contributed by atoms with van der Waals surface area (Å²) < 4.78 is 18.3. The summed E-state index contributed by atoms with van der Waals surface area (Å²) in [6.07, 6.45) is 1.27. The molecule has 15 heavy (non-hydrogen) atoms. The number of nitrogens with zero attached hydrogens (tertiary/aromatic N) is 1. The van der Waals surface area contributed by atoms with Crippen LogP contribution >= 0.6 is 12.2 Å². The summed E-state index contributed by atoms with van der Waals surface area (Å²) in [4.78, 5) is 0. The molecule has 6 heteroatoms. The molecule has 0 saturated heterocycles. The summed E-state index contributed by atoms with van der Waals surface area (Å²) in [7, 11) is 1.40. The van der Waals surface area contributed by atoms with Crippen molar-refractivity contribution < 1.29 is 9.13 Å². The molecule has 4 nitrogen and oxygen atoms in total. The predicted octanol–water partition coefficient (Wildman–Crippen LogP) is 1.00. The summed E-state index contributed by atoms with van der Waals surface area (Å²) in [6.45, 7) is 0. The van der Waals surface area contributed by atoms with Gasteiger partial charge in [0, 0.05) is 5.56 Å². The topological polar surface area (TPSA) is 59.6 Å². The zero-order valence-corrected chi connectivity index (χ0v) is 8.84. The van der Waals surface area contributed by atoms with Crippen molar-refractivity contribution in [1.29, 1.82) is 0 Å². The van der Waals surface area contributed by atoms with Crippen LogP contribution < -0.4 is 15.9 Å². The van der Waals surface area contributed by atoms with Crippen molar-refractivity contribution in [2.24, 2.45) is 10.8 Å². The van der Waals surface area contributed by atoms with Gasteiger partial charge in [0.2, 0.25) is 0 Å². The number of halogens is 1. The van der Waals surface area contributed by atoms with Crippen molar-refractivity contribution in [2.45, 2.75) is 0 Å². The Hall–Kier alpha value is -1.69. The summed E-state index contributed by atoms with van der Waals surface area (Å²) in [6, 6.07) is 4.74. The SMILES string of the molecule is COc1cccc(C=NNC(N)=S)c1F. The Labute approximate surface area is 91.9 Å². The zero-order valence-electron chi connectivity index (χ0n) is 8.03. The van der Waals surface area contributed by atoms with Gasteiger partial charge in [-0.05, 0) is 18.3 Å². The van der Waals surface area contributed by atoms with Crippen LogP contribution in [-0.2, 0) is 0 Å². The molecule has 0 aliphatic carbocycles. The van der Waals surface area contributed by atoms with Gasteiger partial charge in [0.05, 0.1) is 13.3 Å². The molecular formula is C9H10FN3OS. The van der Waals surface area contributed by atoms with E-state index in [0.29, 0.717) is 0 Å². The number of ether oxygens (including phenoxy) is 1. The molecule has 0 saturated carbocycles. The lowest BCUT2D eigenvalue weighted by molar-refractivity contribution is 0.386. The second kappa shape index (κ2) is 5.26. The molecule has 0 aromatic heterocycles. The van der Waals surface area contributed by atoms with Crippen LogP contribution in [0.15, 0.2) is 23.3 Å². The third-order valence-electron chi connectivity index (χ3n) is 1.59. The van der Waals surface area contributed by atoms with E-state index in [1.807, 2.05) is 0 Å². The van der Waals surface area contributed by atoms with Crippen molar-refractivity contribution >= 4 is 23.5 Å². The van der Waals surface area contributed by atoms with Gasteiger partial charge >= 0.3 is 0 Å². The van der Waals surface area contributed by atoms with Crippen molar-refractivity contribution in [1.82, 2.24) is 5.43 Å². The smallest absolute Gasteiger partial charge is 0.184 e. The second-order valence-corrected chi connectivity index (χ2v) is 3.04. The minimum atomic E-state index is -0.478. The average molecular weight is 227 g/mol. The van der Waals surface area contributed by atoms with E-state index in [1.54, 1.807) is 12.1 Å². The van der Waals surface area contributed by atoms with Gasteiger partial charge in [-0.2, -0.15) is 5.10 Å². The summed E-state index contributed by atoms with van der Waals surface area (Å²) in [5, 5.41) is 3.66. The average Bonchev–Trinajstić information content (AvgIpc) is 2.20. The van der Waals surface area contributed by atoms with Gasteiger partial charge in [-0.3, -0.25) is 5.43 Å². The zero-order chi connectivity index (χ0) is 11.3. The lowest BCUT2D eigenvalue weighted by Gasteiger charge is -2.03. The lowest BCUT2D eigenvalue weighted by Crippen LogP contribution is -2.24. The molecule has 0 spiro atoms. The van der Waals surface area contributed by atoms with E-state index in [4.69, 9.17) is 10.5 Å². The predicted molar refractivity (Wildman–Crippen MR) is 60.5 cm³/mol. The molecule has 0 aliphatic rings. The Morgan fingerprint density at radius 2 is 2.40 bits per heavy atom. The molecular weight excluding hydrogens is 217 g/mol. The maximum atomic E-state index is 13.5. The molecule has 3 N–H and O–H groups in total. The number of benzene rings is 1. The number of rotatable bonds is 3. The second-order valence-electron chi connectivity index (χ2n) is 2.60. The normalized spacial score (nSPS) is 10.3. The Balaban J connectivity index is 2.85. The van der Waals surface area contributed by atoms with Crippen LogP contribution in [0, 0.1) is 5.82 Å². The number of hydrogen-bond acceptors (Lipinski definition) is 3.